The SMILES string of the molecule is CCOc1ccc(N2CC(c3nc(-c4ccc(Br)cc4)no3)CC2=O)cc1. The van der Waals surface area contributed by atoms with Crippen molar-refractivity contribution in [2.75, 3.05) is 18.1 Å². The fraction of sp³-hybridized carbons (Fsp3) is 0.250. The predicted octanol–water partition coefficient (Wildman–Crippen LogP) is 4.42. The number of ether oxygens (including phenoxy) is 1. The molecule has 2 aromatic carbocycles. The highest BCUT2D eigenvalue weighted by molar-refractivity contribution is 9.10. The van der Waals surface area contributed by atoms with Gasteiger partial charge in [-0.25, -0.2) is 0 Å². The summed E-state index contributed by atoms with van der Waals surface area (Å²) in [6.45, 7) is 3.08. The number of carbonyl (C=O) groups excluding carboxylic acids is 1. The van der Waals surface area contributed by atoms with Gasteiger partial charge in [0, 0.05) is 28.7 Å². The number of anilines is 1. The van der Waals surface area contributed by atoms with Gasteiger partial charge in [0.2, 0.25) is 17.6 Å². The number of hydrogen-bond donors (Lipinski definition) is 0. The molecule has 4 rings (SSSR count). The van der Waals surface area contributed by atoms with E-state index in [-0.39, 0.29) is 11.8 Å². The van der Waals surface area contributed by atoms with Crippen molar-refractivity contribution in [2.45, 2.75) is 19.3 Å². The molecule has 6 nitrogen and oxygen atoms in total. The molecule has 138 valence electrons. The predicted molar refractivity (Wildman–Crippen MR) is 105 cm³/mol. The van der Waals surface area contributed by atoms with Crippen molar-refractivity contribution in [1.82, 2.24) is 10.1 Å². The van der Waals surface area contributed by atoms with Crippen molar-refractivity contribution < 1.29 is 14.1 Å². The van der Waals surface area contributed by atoms with Gasteiger partial charge in [-0.15, -0.1) is 0 Å². The molecular weight excluding hydrogens is 410 g/mol. The summed E-state index contributed by atoms with van der Waals surface area (Å²) in [6, 6.07) is 15.2. The maximum Gasteiger partial charge on any atom is 0.232 e. The first kappa shape index (κ1) is 17.7. The molecule has 27 heavy (non-hydrogen) atoms. The topological polar surface area (TPSA) is 68.5 Å². The first-order valence-electron chi connectivity index (χ1n) is 8.77. The van der Waals surface area contributed by atoms with Gasteiger partial charge in [0.25, 0.3) is 0 Å². The highest BCUT2D eigenvalue weighted by atomic mass is 79.9. The Bertz CT molecular complexity index is 938. The number of halogens is 1. The van der Waals surface area contributed by atoms with E-state index in [0.29, 0.717) is 31.3 Å². The average molecular weight is 428 g/mol. The van der Waals surface area contributed by atoms with Gasteiger partial charge < -0.3 is 14.2 Å². The van der Waals surface area contributed by atoms with Crippen LogP contribution in [0.15, 0.2) is 57.5 Å². The van der Waals surface area contributed by atoms with Gasteiger partial charge in [0.15, 0.2) is 0 Å². The van der Waals surface area contributed by atoms with Crippen molar-refractivity contribution >= 4 is 27.5 Å². The molecule has 7 heteroatoms. The lowest BCUT2D eigenvalue weighted by atomic mass is 10.1. The summed E-state index contributed by atoms with van der Waals surface area (Å²) in [6.07, 6.45) is 0.356. The molecule has 2 heterocycles. The van der Waals surface area contributed by atoms with Gasteiger partial charge in [0.1, 0.15) is 5.75 Å². The number of aromatic nitrogens is 2. The highest BCUT2D eigenvalue weighted by Gasteiger charge is 2.35. The molecule has 0 spiro atoms. The summed E-state index contributed by atoms with van der Waals surface area (Å²) in [5.41, 5.74) is 1.72. The third kappa shape index (κ3) is 3.73. The Kier molecular flexibility index (Phi) is 4.94. The second-order valence-electron chi connectivity index (χ2n) is 6.30. The Morgan fingerprint density at radius 3 is 2.63 bits per heavy atom. The Morgan fingerprint density at radius 2 is 1.93 bits per heavy atom. The number of rotatable bonds is 5. The van der Waals surface area contributed by atoms with Crippen molar-refractivity contribution in [1.29, 1.82) is 0 Å². The van der Waals surface area contributed by atoms with Crippen LogP contribution in [0, 0.1) is 0 Å². The molecule has 1 aliphatic heterocycles. The van der Waals surface area contributed by atoms with Crippen molar-refractivity contribution in [2.24, 2.45) is 0 Å². The maximum atomic E-state index is 12.5. The molecule has 1 unspecified atom stereocenters. The number of amides is 1. The minimum Gasteiger partial charge on any atom is -0.494 e. The molecule has 0 aliphatic carbocycles. The Labute approximate surface area is 165 Å². The first-order chi connectivity index (χ1) is 13.1. The molecule has 3 aromatic rings. The van der Waals surface area contributed by atoms with Crippen LogP contribution in [0.1, 0.15) is 25.2 Å². The van der Waals surface area contributed by atoms with Crippen LogP contribution in [-0.2, 0) is 4.79 Å². The van der Waals surface area contributed by atoms with Crippen LogP contribution in [0.3, 0.4) is 0 Å². The molecule has 0 radical (unpaired) electrons. The number of nitrogens with zero attached hydrogens (tertiary/aromatic N) is 3. The fourth-order valence-corrected chi connectivity index (χ4v) is 3.39. The average Bonchev–Trinajstić information content (AvgIpc) is 3.30. The van der Waals surface area contributed by atoms with Gasteiger partial charge in [-0.3, -0.25) is 4.79 Å². The van der Waals surface area contributed by atoms with Crippen LogP contribution in [0.25, 0.3) is 11.4 Å². The minimum atomic E-state index is -0.110. The quantitative estimate of drug-likeness (QED) is 0.602. The van der Waals surface area contributed by atoms with E-state index in [1.807, 2.05) is 55.5 Å². The van der Waals surface area contributed by atoms with E-state index in [1.165, 1.54) is 0 Å². The van der Waals surface area contributed by atoms with E-state index in [4.69, 9.17) is 9.26 Å². The lowest BCUT2D eigenvalue weighted by Crippen LogP contribution is -2.24. The monoisotopic (exact) mass is 427 g/mol. The molecule has 1 saturated heterocycles. The van der Waals surface area contributed by atoms with Crippen LogP contribution >= 0.6 is 15.9 Å². The molecule has 1 amide bonds. The van der Waals surface area contributed by atoms with E-state index in [9.17, 15) is 4.79 Å². The lowest BCUT2D eigenvalue weighted by Gasteiger charge is -2.16. The molecule has 0 bridgehead atoms. The standard InChI is InChI=1S/C20H18BrN3O3/c1-2-26-17-9-7-16(8-10-17)24-12-14(11-18(24)25)20-22-19(23-27-20)13-3-5-15(21)6-4-13/h3-10,14H,2,11-12H2,1H3. The summed E-state index contributed by atoms with van der Waals surface area (Å²) in [7, 11) is 0. The molecular formula is C20H18BrN3O3. The van der Waals surface area contributed by atoms with E-state index in [2.05, 4.69) is 26.1 Å². The zero-order valence-electron chi connectivity index (χ0n) is 14.8. The van der Waals surface area contributed by atoms with Crippen molar-refractivity contribution in [3.63, 3.8) is 0 Å². The summed E-state index contributed by atoms with van der Waals surface area (Å²) >= 11 is 3.41. The first-order valence-corrected chi connectivity index (χ1v) is 9.56. The van der Waals surface area contributed by atoms with Crippen molar-refractivity contribution in [3.05, 3.63) is 58.9 Å². The summed E-state index contributed by atoms with van der Waals surface area (Å²) in [5.74, 6) is 1.76. The Balaban J connectivity index is 1.50. The van der Waals surface area contributed by atoms with Crippen LogP contribution in [-0.4, -0.2) is 29.2 Å². The lowest BCUT2D eigenvalue weighted by molar-refractivity contribution is -0.117. The van der Waals surface area contributed by atoms with Gasteiger partial charge in [-0.1, -0.05) is 21.1 Å². The van der Waals surface area contributed by atoms with E-state index in [1.54, 1.807) is 4.90 Å². The number of benzene rings is 2. The molecule has 1 atom stereocenters. The van der Waals surface area contributed by atoms with Gasteiger partial charge >= 0.3 is 0 Å². The molecule has 1 fully saturated rings. The highest BCUT2D eigenvalue weighted by Crippen LogP contribution is 2.32. The largest absolute Gasteiger partial charge is 0.494 e. The van der Waals surface area contributed by atoms with Crippen LogP contribution < -0.4 is 9.64 Å². The Hall–Kier alpha value is -2.67. The zero-order valence-corrected chi connectivity index (χ0v) is 16.3. The molecule has 1 aliphatic rings. The van der Waals surface area contributed by atoms with Gasteiger partial charge in [-0.05, 0) is 55.5 Å². The molecule has 0 N–H and O–H groups in total. The molecule has 1 aromatic heterocycles. The van der Waals surface area contributed by atoms with Crippen LogP contribution in [0.5, 0.6) is 5.75 Å². The van der Waals surface area contributed by atoms with Gasteiger partial charge in [-0.2, -0.15) is 4.98 Å². The Morgan fingerprint density at radius 1 is 1.19 bits per heavy atom. The van der Waals surface area contributed by atoms with Crippen molar-refractivity contribution in [3.8, 4) is 17.1 Å². The van der Waals surface area contributed by atoms with E-state index < -0.39 is 0 Å². The molecule has 0 saturated carbocycles. The zero-order chi connectivity index (χ0) is 18.8. The third-order valence-electron chi connectivity index (χ3n) is 4.48. The fourth-order valence-electron chi connectivity index (χ4n) is 3.13. The summed E-state index contributed by atoms with van der Waals surface area (Å²) in [4.78, 5) is 18.7. The number of carbonyl (C=O) groups is 1. The normalized spacial score (nSPS) is 16.7. The van der Waals surface area contributed by atoms with Crippen LogP contribution in [0.4, 0.5) is 5.69 Å². The minimum absolute atomic E-state index is 0.0487. The number of hydrogen-bond acceptors (Lipinski definition) is 5. The maximum absolute atomic E-state index is 12.5. The second kappa shape index (κ2) is 7.52. The van der Waals surface area contributed by atoms with Crippen LogP contribution in [0.2, 0.25) is 0 Å². The second-order valence-corrected chi connectivity index (χ2v) is 7.21. The van der Waals surface area contributed by atoms with E-state index in [0.717, 1.165) is 21.5 Å². The third-order valence-corrected chi connectivity index (χ3v) is 5.01. The summed E-state index contributed by atoms with van der Waals surface area (Å²) in [5, 5.41) is 4.07. The smallest absolute Gasteiger partial charge is 0.232 e. The van der Waals surface area contributed by atoms with E-state index >= 15 is 0 Å². The van der Waals surface area contributed by atoms with Gasteiger partial charge in [0.05, 0.1) is 12.5 Å². The summed E-state index contributed by atoms with van der Waals surface area (Å²) < 4.78 is 11.9.